The van der Waals surface area contributed by atoms with Crippen molar-refractivity contribution in [2.24, 2.45) is 11.3 Å². The summed E-state index contributed by atoms with van der Waals surface area (Å²) in [5, 5.41) is 3.50. The van der Waals surface area contributed by atoms with E-state index in [0.29, 0.717) is 22.7 Å². The maximum atomic E-state index is 13.2. The molecule has 30 heavy (non-hydrogen) atoms. The van der Waals surface area contributed by atoms with Gasteiger partial charge in [0.15, 0.2) is 0 Å². The van der Waals surface area contributed by atoms with E-state index in [-0.39, 0.29) is 23.4 Å². The zero-order valence-corrected chi connectivity index (χ0v) is 18.6. The Bertz CT molecular complexity index is 1160. The monoisotopic (exact) mass is 425 g/mol. The van der Waals surface area contributed by atoms with Gasteiger partial charge in [-0.25, -0.2) is 4.98 Å². The van der Waals surface area contributed by atoms with E-state index in [2.05, 4.69) is 31.1 Å². The minimum Gasteiger partial charge on any atom is -0.495 e. The second-order valence-corrected chi connectivity index (χ2v) is 10.00. The number of aromatic nitrogens is 2. The highest BCUT2D eigenvalue weighted by Gasteiger charge is 2.31. The Morgan fingerprint density at radius 1 is 1.33 bits per heavy atom. The molecule has 0 unspecified atom stereocenters. The molecule has 3 aromatic rings. The predicted molar refractivity (Wildman–Crippen MR) is 120 cm³/mol. The number of rotatable bonds is 4. The van der Waals surface area contributed by atoms with Crippen LogP contribution in [0.25, 0.3) is 10.2 Å². The lowest BCUT2D eigenvalue weighted by Gasteiger charge is -2.33. The van der Waals surface area contributed by atoms with Gasteiger partial charge in [-0.3, -0.25) is 14.2 Å². The van der Waals surface area contributed by atoms with Crippen molar-refractivity contribution in [3.8, 4) is 5.75 Å². The second kappa shape index (κ2) is 7.87. The van der Waals surface area contributed by atoms with E-state index < -0.39 is 0 Å². The summed E-state index contributed by atoms with van der Waals surface area (Å²) in [6, 6.07) is 7.20. The topological polar surface area (TPSA) is 73.2 Å². The lowest BCUT2D eigenvalue weighted by atomic mass is 9.72. The summed E-state index contributed by atoms with van der Waals surface area (Å²) in [7, 11) is 1.55. The van der Waals surface area contributed by atoms with Gasteiger partial charge in [0.05, 0.1) is 24.5 Å². The molecule has 0 spiro atoms. The van der Waals surface area contributed by atoms with E-state index in [9.17, 15) is 9.59 Å². The summed E-state index contributed by atoms with van der Waals surface area (Å²) in [5.41, 5.74) is 1.82. The van der Waals surface area contributed by atoms with Crippen molar-refractivity contribution in [2.45, 2.75) is 46.6 Å². The van der Waals surface area contributed by atoms with Crippen LogP contribution in [0.3, 0.4) is 0 Å². The Kier molecular flexibility index (Phi) is 5.40. The molecule has 1 atom stereocenters. The summed E-state index contributed by atoms with van der Waals surface area (Å²) >= 11 is 1.63. The molecule has 6 nitrogen and oxygen atoms in total. The number of carbonyl (C=O) groups is 1. The van der Waals surface area contributed by atoms with Gasteiger partial charge in [-0.15, -0.1) is 11.3 Å². The minimum atomic E-state index is -0.292. The molecule has 1 amide bonds. The molecule has 7 heteroatoms. The van der Waals surface area contributed by atoms with Crippen LogP contribution in [-0.2, 0) is 24.2 Å². The van der Waals surface area contributed by atoms with E-state index in [1.807, 2.05) is 12.1 Å². The number of nitrogens with one attached hydrogen (secondary N) is 1. The van der Waals surface area contributed by atoms with Gasteiger partial charge in [0.2, 0.25) is 5.91 Å². The SMILES string of the molecule is COc1ccccc1NC(=O)Cn1cnc2sc3c(c2c1=O)CC[C@@H](C(C)(C)C)C3. The number of methoxy groups -OCH3 is 1. The first-order valence-electron chi connectivity index (χ1n) is 10.2. The fraction of sp³-hybridized carbons (Fsp3) is 0.435. The molecule has 4 rings (SSSR count). The van der Waals surface area contributed by atoms with Crippen LogP contribution in [0.2, 0.25) is 0 Å². The number of aryl methyl sites for hydroxylation is 1. The third-order valence-corrected chi connectivity index (χ3v) is 7.12. The van der Waals surface area contributed by atoms with Crippen molar-refractivity contribution >= 4 is 33.1 Å². The molecule has 1 aromatic carbocycles. The van der Waals surface area contributed by atoms with Gasteiger partial charge in [-0.05, 0) is 48.3 Å². The van der Waals surface area contributed by atoms with Gasteiger partial charge in [0, 0.05) is 4.88 Å². The molecular formula is C23H27N3O3S. The molecule has 2 aromatic heterocycles. The number of anilines is 1. The fourth-order valence-electron chi connectivity index (χ4n) is 4.15. The van der Waals surface area contributed by atoms with Gasteiger partial charge in [-0.2, -0.15) is 0 Å². The van der Waals surface area contributed by atoms with Crippen molar-refractivity contribution in [3.63, 3.8) is 0 Å². The molecule has 0 saturated heterocycles. The normalized spacial score (nSPS) is 16.3. The smallest absolute Gasteiger partial charge is 0.262 e. The number of para-hydroxylation sites is 2. The number of ether oxygens (including phenoxy) is 1. The molecule has 0 aliphatic heterocycles. The van der Waals surface area contributed by atoms with Crippen LogP contribution in [0.15, 0.2) is 35.4 Å². The van der Waals surface area contributed by atoms with Crippen molar-refractivity contribution in [3.05, 3.63) is 51.4 Å². The van der Waals surface area contributed by atoms with E-state index in [1.165, 1.54) is 15.8 Å². The third-order valence-electron chi connectivity index (χ3n) is 5.96. The lowest BCUT2D eigenvalue weighted by Crippen LogP contribution is -2.29. The molecule has 0 bridgehead atoms. The van der Waals surface area contributed by atoms with Crippen molar-refractivity contribution < 1.29 is 9.53 Å². The number of hydrogen-bond acceptors (Lipinski definition) is 5. The zero-order chi connectivity index (χ0) is 21.5. The van der Waals surface area contributed by atoms with Gasteiger partial charge in [0.25, 0.3) is 5.56 Å². The highest BCUT2D eigenvalue weighted by molar-refractivity contribution is 7.18. The maximum Gasteiger partial charge on any atom is 0.262 e. The Labute approximate surface area is 179 Å². The lowest BCUT2D eigenvalue weighted by molar-refractivity contribution is -0.116. The van der Waals surface area contributed by atoms with Gasteiger partial charge in [0.1, 0.15) is 17.1 Å². The highest BCUT2D eigenvalue weighted by atomic mass is 32.1. The fourth-order valence-corrected chi connectivity index (χ4v) is 5.40. The summed E-state index contributed by atoms with van der Waals surface area (Å²) in [4.78, 5) is 32.3. The first-order chi connectivity index (χ1) is 14.3. The molecule has 158 valence electrons. The summed E-state index contributed by atoms with van der Waals surface area (Å²) in [6.07, 6.45) is 4.44. The van der Waals surface area contributed by atoms with E-state index >= 15 is 0 Å². The van der Waals surface area contributed by atoms with Crippen molar-refractivity contribution in [1.29, 1.82) is 0 Å². The number of thiophene rings is 1. The number of fused-ring (bicyclic) bond motifs is 3. The van der Waals surface area contributed by atoms with E-state index in [4.69, 9.17) is 4.74 Å². The zero-order valence-electron chi connectivity index (χ0n) is 17.8. The van der Waals surface area contributed by atoms with Crippen LogP contribution >= 0.6 is 11.3 Å². The van der Waals surface area contributed by atoms with Crippen LogP contribution in [0.4, 0.5) is 5.69 Å². The third kappa shape index (κ3) is 3.86. The number of benzene rings is 1. The molecule has 0 fully saturated rings. The van der Waals surface area contributed by atoms with Crippen LogP contribution in [0, 0.1) is 11.3 Å². The second-order valence-electron chi connectivity index (χ2n) is 8.92. The molecule has 1 aliphatic rings. The largest absolute Gasteiger partial charge is 0.495 e. The van der Waals surface area contributed by atoms with Crippen LogP contribution < -0.4 is 15.6 Å². The van der Waals surface area contributed by atoms with Gasteiger partial charge >= 0.3 is 0 Å². The number of amides is 1. The summed E-state index contributed by atoms with van der Waals surface area (Å²) in [6.45, 7) is 6.75. The van der Waals surface area contributed by atoms with E-state index in [0.717, 1.165) is 29.7 Å². The molecule has 2 heterocycles. The highest BCUT2D eigenvalue weighted by Crippen LogP contribution is 2.41. The van der Waals surface area contributed by atoms with Crippen molar-refractivity contribution in [2.75, 3.05) is 12.4 Å². The van der Waals surface area contributed by atoms with Crippen LogP contribution in [-0.4, -0.2) is 22.6 Å². The Hall–Kier alpha value is -2.67. The van der Waals surface area contributed by atoms with Crippen LogP contribution in [0.5, 0.6) is 5.75 Å². The standard InChI is InChI=1S/C23H27N3O3S/c1-23(2,3)14-9-10-15-18(11-14)30-21-20(15)22(28)26(13-24-21)12-19(27)25-16-7-5-6-8-17(16)29-4/h5-8,13-14H,9-12H2,1-4H3,(H,25,27)/t14-/m1/s1. The predicted octanol–water partition coefficient (Wildman–Crippen LogP) is 4.26. The van der Waals surface area contributed by atoms with Crippen molar-refractivity contribution in [1.82, 2.24) is 9.55 Å². The number of nitrogens with zero attached hydrogens (tertiary/aromatic N) is 2. The Morgan fingerprint density at radius 3 is 2.83 bits per heavy atom. The average molecular weight is 426 g/mol. The molecule has 0 radical (unpaired) electrons. The molecule has 1 aliphatic carbocycles. The molecular weight excluding hydrogens is 398 g/mol. The Balaban J connectivity index is 1.60. The maximum absolute atomic E-state index is 13.2. The molecule has 1 N–H and O–H groups in total. The first-order valence-corrected chi connectivity index (χ1v) is 11.0. The quantitative estimate of drug-likeness (QED) is 0.678. The van der Waals surface area contributed by atoms with Gasteiger partial charge in [-0.1, -0.05) is 32.9 Å². The Morgan fingerprint density at radius 2 is 2.10 bits per heavy atom. The number of carbonyl (C=O) groups excluding carboxylic acids is 1. The first kappa shape index (κ1) is 20.6. The van der Waals surface area contributed by atoms with E-state index in [1.54, 1.807) is 30.6 Å². The van der Waals surface area contributed by atoms with Crippen LogP contribution in [0.1, 0.15) is 37.6 Å². The summed E-state index contributed by atoms with van der Waals surface area (Å²) < 4.78 is 6.67. The van der Waals surface area contributed by atoms with Gasteiger partial charge < -0.3 is 10.1 Å². The average Bonchev–Trinajstić information content (AvgIpc) is 3.08. The molecule has 0 saturated carbocycles. The summed E-state index contributed by atoms with van der Waals surface area (Å²) in [5.74, 6) is 0.888. The minimum absolute atomic E-state index is 0.0882. The number of hydrogen-bond donors (Lipinski definition) is 1.